The van der Waals surface area contributed by atoms with E-state index in [1.165, 1.54) is 12.1 Å². The molecule has 2 fully saturated rings. The van der Waals surface area contributed by atoms with Gasteiger partial charge in [-0.25, -0.2) is 0 Å². The summed E-state index contributed by atoms with van der Waals surface area (Å²) in [6.45, 7) is 3.63. The van der Waals surface area contributed by atoms with Crippen molar-refractivity contribution in [3.8, 4) is 5.75 Å². The van der Waals surface area contributed by atoms with E-state index in [0.29, 0.717) is 30.6 Å². The maximum absolute atomic E-state index is 12.3. The third-order valence-corrected chi connectivity index (χ3v) is 6.59. The summed E-state index contributed by atoms with van der Waals surface area (Å²) in [6.07, 6.45) is 6.79. The van der Waals surface area contributed by atoms with Crippen molar-refractivity contribution >= 4 is 5.97 Å². The Balaban J connectivity index is 1.41. The number of alkyl halides is 3. The number of carbonyl (C=O) groups excluding carboxylic acids is 1. The van der Waals surface area contributed by atoms with Crippen LogP contribution >= 0.6 is 0 Å². The zero-order chi connectivity index (χ0) is 21.6. The van der Waals surface area contributed by atoms with Gasteiger partial charge in [0.15, 0.2) is 0 Å². The fourth-order valence-corrected chi connectivity index (χ4v) is 5.01. The first-order chi connectivity index (χ1) is 14.3. The van der Waals surface area contributed by atoms with Gasteiger partial charge in [0.25, 0.3) is 0 Å². The minimum absolute atomic E-state index is 0.0623. The zero-order valence-electron chi connectivity index (χ0n) is 17.3. The van der Waals surface area contributed by atoms with Crippen LogP contribution in [0.1, 0.15) is 75.7 Å². The van der Waals surface area contributed by atoms with Gasteiger partial charge in [-0.3, -0.25) is 4.79 Å². The first-order valence-electron chi connectivity index (χ1n) is 11.0. The molecule has 0 amide bonds. The number of carbonyl (C=O) groups is 1. The Bertz CT molecular complexity index is 683. The van der Waals surface area contributed by atoms with Crippen LogP contribution in [0.15, 0.2) is 36.9 Å². The van der Waals surface area contributed by atoms with Gasteiger partial charge in [0.05, 0.1) is 0 Å². The lowest BCUT2D eigenvalue weighted by molar-refractivity contribution is -0.274. The summed E-state index contributed by atoms with van der Waals surface area (Å²) < 4.78 is 46.4. The number of esters is 1. The van der Waals surface area contributed by atoms with Gasteiger partial charge in [-0.2, -0.15) is 0 Å². The molecular weight excluding hydrogens is 393 g/mol. The Kier molecular flexibility index (Phi) is 7.84. The van der Waals surface area contributed by atoms with E-state index >= 15 is 0 Å². The van der Waals surface area contributed by atoms with E-state index in [1.807, 2.05) is 0 Å². The summed E-state index contributed by atoms with van der Waals surface area (Å²) in [6, 6.07) is 6.34. The van der Waals surface area contributed by atoms with Crippen LogP contribution in [0.4, 0.5) is 13.2 Å². The second-order valence-electron chi connectivity index (χ2n) is 8.58. The summed E-state index contributed by atoms with van der Waals surface area (Å²) in [5.74, 6) is 1.51. The average molecular weight is 425 g/mol. The third kappa shape index (κ3) is 6.78. The third-order valence-electron chi connectivity index (χ3n) is 6.59. The smallest absolute Gasteiger partial charge is 0.462 e. The molecule has 0 aromatic heterocycles. The van der Waals surface area contributed by atoms with Gasteiger partial charge >= 0.3 is 12.3 Å². The number of ether oxygens (including phenoxy) is 2. The first kappa shape index (κ1) is 22.7. The summed E-state index contributed by atoms with van der Waals surface area (Å²) in [4.78, 5) is 11.8. The molecule has 0 saturated heterocycles. The Morgan fingerprint density at radius 3 is 2.07 bits per heavy atom. The maximum Gasteiger partial charge on any atom is 0.573 e. The van der Waals surface area contributed by atoms with Crippen molar-refractivity contribution in [2.75, 3.05) is 0 Å². The Morgan fingerprint density at radius 1 is 0.967 bits per heavy atom. The lowest BCUT2D eigenvalue weighted by Crippen LogP contribution is -2.29. The van der Waals surface area contributed by atoms with Gasteiger partial charge in [-0.05, 0) is 93.2 Å². The number of rotatable bonds is 7. The second-order valence-corrected chi connectivity index (χ2v) is 8.58. The molecule has 166 valence electrons. The van der Waals surface area contributed by atoms with E-state index in [2.05, 4.69) is 11.3 Å². The number of hydrogen-bond donors (Lipinski definition) is 0. The predicted octanol–water partition coefficient (Wildman–Crippen LogP) is 6.93. The van der Waals surface area contributed by atoms with Gasteiger partial charge in [-0.15, -0.1) is 19.8 Å². The highest BCUT2D eigenvalue weighted by molar-refractivity contribution is 5.69. The molecule has 0 atom stereocenters. The fourth-order valence-electron chi connectivity index (χ4n) is 5.01. The van der Waals surface area contributed by atoms with Crippen LogP contribution in [0.5, 0.6) is 5.75 Å². The fraction of sp³-hybridized carbons (Fsp3) is 0.625. The Morgan fingerprint density at radius 2 is 1.53 bits per heavy atom. The monoisotopic (exact) mass is 424 g/mol. The molecule has 30 heavy (non-hydrogen) atoms. The number of benzene rings is 1. The average Bonchev–Trinajstić information content (AvgIpc) is 2.72. The van der Waals surface area contributed by atoms with Crippen molar-refractivity contribution < 1.29 is 27.4 Å². The molecule has 0 heterocycles. The van der Waals surface area contributed by atoms with E-state index in [-0.39, 0.29) is 17.8 Å². The number of allylic oxidation sites excluding steroid dienone is 1. The van der Waals surface area contributed by atoms with E-state index in [1.54, 1.807) is 18.2 Å². The molecule has 0 spiro atoms. The van der Waals surface area contributed by atoms with Crippen molar-refractivity contribution in [2.45, 2.75) is 82.6 Å². The minimum Gasteiger partial charge on any atom is -0.462 e. The molecule has 0 bridgehead atoms. The molecule has 3 rings (SSSR count). The van der Waals surface area contributed by atoms with Crippen molar-refractivity contribution in [2.24, 2.45) is 11.8 Å². The largest absolute Gasteiger partial charge is 0.573 e. The minimum atomic E-state index is -4.65. The Labute approximate surface area is 176 Å². The molecule has 2 aliphatic rings. The molecular formula is C24H31F3O3. The molecule has 1 aromatic carbocycles. The molecule has 0 N–H and O–H groups in total. The lowest BCUT2D eigenvalue weighted by Gasteiger charge is -2.37. The molecule has 3 nitrogen and oxygen atoms in total. The zero-order valence-corrected chi connectivity index (χ0v) is 17.3. The molecule has 6 heteroatoms. The summed E-state index contributed by atoms with van der Waals surface area (Å²) in [7, 11) is 0. The predicted molar refractivity (Wildman–Crippen MR) is 109 cm³/mol. The maximum atomic E-state index is 12.3. The van der Waals surface area contributed by atoms with Crippen molar-refractivity contribution in [1.82, 2.24) is 0 Å². The van der Waals surface area contributed by atoms with Gasteiger partial charge in [0, 0.05) is 6.42 Å². The van der Waals surface area contributed by atoms with Crippen LogP contribution in [0.3, 0.4) is 0 Å². The van der Waals surface area contributed by atoms with Crippen LogP contribution in [0.2, 0.25) is 0 Å². The van der Waals surface area contributed by atoms with Crippen LogP contribution in [-0.4, -0.2) is 18.4 Å². The standard InChI is InChI=1S/C24H31F3O3/c1-2-3-4-23(28)29-21-13-9-19(10-14-21)17-5-7-18(8-6-17)20-11-15-22(16-12-20)30-24(25,26)27/h2,11-12,15-19,21H,1,3-10,13-14H2. The van der Waals surface area contributed by atoms with E-state index in [4.69, 9.17) is 4.74 Å². The van der Waals surface area contributed by atoms with Crippen LogP contribution in [0, 0.1) is 11.8 Å². The van der Waals surface area contributed by atoms with Gasteiger partial charge < -0.3 is 9.47 Å². The van der Waals surface area contributed by atoms with Gasteiger partial charge in [-0.1, -0.05) is 18.2 Å². The Hall–Kier alpha value is -1.98. The molecule has 0 radical (unpaired) electrons. The van der Waals surface area contributed by atoms with Crippen molar-refractivity contribution in [3.05, 3.63) is 42.5 Å². The van der Waals surface area contributed by atoms with Crippen molar-refractivity contribution in [1.29, 1.82) is 0 Å². The molecule has 0 aliphatic heterocycles. The summed E-state index contributed by atoms with van der Waals surface area (Å²) in [5.41, 5.74) is 1.10. The van der Waals surface area contributed by atoms with Crippen LogP contribution in [0.25, 0.3) is 0 Å². The normalized spacial score (nSPS) is 27.3. The van der Waals surface area contributed by atoms with E-state index < -0.39 is 6.36 Å². The summed E-state index contributed by atoms with van der Waals surface area (Å²) >= 11 is 0. The van der Waals surface area contributed by atoms with Gasteiger partial charge in [0.2, 0.25) is 0 Å². The SMILES string of the molecule is C=CCCC(=O)OC1CCC(C2CCC(c3ccc(OC(F)(F)F)cc3)CC2)CC1. The summed E-state index contributed by atoms with van der Waals surface area (Å²) in [5, 5.41) is 0. The van der Waals surface area contributed by atoms with Crippen LogP contribution < -0.4 is 4.74 Å². The highest BCUT2D eigenvalue weighted by atomic mass is 19.4. The van der Waals surface area contributed by atoms with Gasteiger partial charge in [0.1, 0.15) is 11.9 Å². The van der Waals surface area contributed by atoms with E-state index in [0.717, 1.165) is 56.9 Å². The quantitative estimate of drug-likeness (QED) is 0.352. The van der Waals surface area contributed by atoms with E-state index in [9.17, 15) is 18.0 Å². The van der Waals surface area contributed by atoms with Crippen molar-refractivity contribution in [3.63, 3.8) is 0 Å². The highest BCUT2D eigenvalue weighted by Gasteiger charge is 2.33. The number of halogens is 3. The molecule has 2 aliphatic carbocycles. The molecule has 1 aromatic rings. The first-order valence-corrected chi connectivity index (χ1v) is 11.0. The lowest BCUT2D eigenvalue weighted by atomic mass is 9.69. The number of hydrogen-bond acceptors (Lipinski definition) is 3. The topological polar surface area (TPSA) is 35.5 Å². The molecule has 2 saturated carbocycles. The van der Waals surface area contributed by atoms with Crippen LogP contribution in [-0.2, 0) is 9.53 Å². The molecule has 0 unspecified atom stereocenters. The second kappa shape index (κ2) is 10.4. The highest BCUT2D eigenvalue weighted by Crippen LogP contribution is 2.43.